The molecule has 0 amide bonds. The van der Waals surface area contributed by atoms with Crippen molar-refractivity contribution in [3.8, 4) is 11.8 Å². The minimum Gasteiger partial charge on any atom is -0.487 e. The third-order valence-corrected chi connectivity index (χ3v) is 3.69. The Hall–Kier alpha value is -2.47. The molecule has 0 aromatic heterocycles. The minimum atomic E-state index is -0.136. The topological polar surface area (TPSA) is 45.0 Å². The van der Waals surface area contributed by atoms with Gasteiger partial charge in [-0.05, 0) is 31.5 Å². The molecule has 0 spiro atoms. The average Bonchev–Trinajstić information content (AvgIpc) is 2.79. The smallest absolute Gasteiger partial charge is 0.128 e. The van der Waals surface area contributed by atoms with Gasteiger partial charge in [0.2, 0.25) is 0 Å². The maximum absolute atomic E-state index is 9.12. The average molecular weight is 278 g/mol. The summed E-state index contributed by atoms with van der Waals surface area (Å²) in [6.45, 7) is 4.86. The SMILES string of the molecule is CC1(C)Cc2cccc(CNc3ccccc3C#N)c2O1. The summed E-state index contributed by atoms with van der Waals surface area (Å²) < 4.78 is 6.07. The highest BCUT2D eigenvalue weighted by Gasteiger charge is 2.31. The van der Waals surface area contributed by atoms with Crippen LogP contribution < -0.4 is 10.1 Å². The van der Waals surface area contributed by atoms with Gasteiger partial charge in [-0.3, -0.25) is 0 Å². The van der Waals surface area contributed by atoms with Crippen molar-refractivity contribution >= 4 is 5.69 Å². The summed E-state index contributed by atoms with van der Waals surface area (Å²) in [5, 5.41) is 12.5. The fraction of sp³-hybridized carbons (Fsp3) is 0.278. The lowest BCUT2D eigenvalue weighted by Gasteiger charge is -2.18. The summed E-state index contributed by atoms with van der Waals surface area (Å²) >= 11 is 0. The number of ether oxygens (including phenoxy) is 1. The molecule has 1 aliphatic heterocycles. The monoisotopic (exact) mass is 278 g/mol. The van der Waals surface area contributed by atoms with E-state index in [-0.39, 0.29) is 5.60 Å². The molecule has 0 fully saturated rings. The summed E-state index contributed by atoms with van der Waals surface area (Å²) in [5.41, 5.74) is 3.77. The van der Waals surface area contributed by atoms with Crippen molar-refractivity contribution in [3.05, 3.63) is 59.2 Å². The van der Waals surface area contributed by atoms with Crippen LogP contribution in [0.15, 0.2) is 42.5 Å². The molecule has 0 radical (unpaired) electrons. The van der Waals surface area contributed by atoms with E-state index in [1.54, 1.807) is 0 Å². The molecule has 3 rings (SSSR count). The second-order valence-electron chi connectivity index (χ2n) is 5.95. The van der Waals surface area contributed by atoms with E-state index in [4.69, 9.17) is 10.00 Å². The molecule has 0 bridgehead atoms. The first-order valence-electron chi connectivity index (χ1n) is 7.12. The second kappa shape index (κ2) is 5.14. The lowest BCUT2D eigenvalue weighted by Crippen LogP contribution is -2.25. The van der Waals surface area contributed by atoms with Crippen molar-refractivity contribution in [1.29, 1.82) is 5.26 Å². The standard InChI is InChI=1S/C18H18N2O/c1-18(2)10-13-7-5-8-15(17(13)21-18)12-20-16-9-4-3-6-14(16)11-19/h3-9,20H,10,12H2,1-2H3. The Morgan fingerprint density at radius 1 is 1.19 bits per heavy atom. The first kappa shape index (κ1) is 13.5. The Bertz CT molecular complexity index is 713. The molecule has 2 aromatic rings. The number of hydrogen-bond acceptors (Lipinski definition) is 3. The first-order valence-corrected chi connectivity index (χ1v) is 7.12. The Morgan fingerprint density at radius 2 is 2.00 bits per heavy atom. The molecule has 1 heterocycles. The number of rotatable bonds is 3. The summed E-state index contributed by atoms with van der Waals surface area (Å²) in [7, 11) is 0. The highest BCUT2D eigenvalue weighted by atomic mass is 16.5. The van der Waals surface area contributed by atoms with E-state index < -0.39 is 0 Å². The second-order valence-corrected chi connectivity index (χ2v) is 5.95. The van der Waals surface area contributed by atoms with Crippen LogP contribution in [0.2, 0.25) is 0 Å². The van der Waals surface area contributed by atoms with Crippen LogP contribution in [0.4, 0.5) is 5.69 Å². The maximum atomic E-state index is 9.12. The molecule has 0 saturated carbocycles. The number of hydrogen-bond donors (Lipinski definition) is 1. The molecule has 3 nitrogen and oxygen atoms in total. The number of nitriles is 1. The fourth-order valence-electron chi connectivity index (χ4n) is 2.74. The van der Waals surface area contributed by atoms with Crippen LogP contribution in [-0.2, 0) is 13.0 Å². The molecule has 0 saturated heterocycles. The van der Waals surface area contributed by atoms with Crippen LogP contribution >= 0.6 is 0 Å². The molecule has 1 aliphatic rings. The van der Waals surface area contributed by atoms with Gasteiger partial charge < -0.3 is 10.1 Å². The highest BCUT2D eigenvalue weighted by Crippen LogP contribution is 2.37. The molecule has 21 heavy (non-hydrogen) atoms. The molecule has 3 heteroatoms. The van der Waals surface area contributed by atoms with Crippen molar-refractivity contribution in [2.75, 3.05) is 5.32 Å². The molecular formula is C18H18N2O. The highest BCUT2D eigenvalue weighted by molar-refractivity contribution is 5.58. The van der Waals surface area contributed by atoms with Crippen molar-refractivity contribution in [2.24, 2.45) is 0 Å². The van der Waals surface area contributed by atoms with E-state index in [0.717, 1.165) is 23.4 Å². The maximum Gasteiger partial charge on any atom is 0.128 e. The van der Waals surface area contributed by atoms with Gasteiger partial charge in [-0.2, -0.15) is 5.26 Å². The Kier molecular flexibility index (Phi) is 3.31. The van der Waals surface area contributed by atoms with Gasteiger partial charge >= 0.3 is 0 Å². The van der Waals surface area contributed by atoms with Gasteiger partial charge in [-0.25, -0.2) is 0 Å². The van der Waals surface area contributed by atoms with Gasteiger partial charge in [-0.1, -0.05) is 30.3 Å². The van der Waals surface area contributed by atoms with Crippen molar-refractivity contribution in [2.45, 2.75) is 32.4 Å². The van der Waals surface area contributed by atoms with Crippen molar-refractivity contribution in [3.63, 3.8) is 0 Å². The van der Waals surface area contributed by atoms with E-state index in [1.807, 2.05) is 24.3 Å². The zero-order valence-corrected chi connectivity index (χ0v) is 12.3. The Balaban J connectivity index is 1.82. The number of nitrogens with zero attached hydrogens (tertiary/aromatic N) is 1. The van der Waals surface area contributed by atoms with Crippen LogP contribution in [0.25, 0.3) is 0 Å². The molecule has 0 unspecified atom stereocenters. The van der Waals surface area contributed by atoms with E-state index >= 15 is 0 Å². The Morgan fingerprint density at radius 3 is 2.81 bits per heavy atom. The summed E-state index contributed by atoms with van der Waals surface area (Å²) in [5.74, 6) is 0.990. The van der Waals surface area contributed by atoms with Crippen LogP contribution in [0.3, 0.4) is 0 Å². The fourth-order valence-corrected chi connectivity index (χ4v) is 2.74. The summed E-state index contributed by atoms with van der Waals surface area (Å²) in [6.07, 6.45) is 0.935. The third-order valence-electron chi connectivity index (χ3n) is 3.69. The van der Waals surface area contributed by atoms with Crippen LogP contribution in [-0.4, -0.2) is 5.60 Å². The van der Waals surface area contributed by atoms with Crippen molar-refractivity contribution in [1.82, 2.24) is 0 Å². The van der Waals surface area contributed by atoms with Gasteiger partial charge in [0.15, 0.2) is 0 Å². The van der Waals surface area contributed by atoms with E-state index in [2.05, 4.69) is 43.4 Å². The normalized spacial score (nSPS) is 14.9. The number of fused-ring (bicyclic) bond motifs is 1. The number of nitrogens with one attached hydrogen (secondary N) is 1. The zero-order valence-electron chi connectivity index (χ0n) is 12.3. The quantitative estimate of drug-likeness (QED) is 0.926. The predicted octanol–water partition coefficient (Wildman–Crippen LogP) is 3.88. The lowest BCUT2D eigenvalue weighted by atomic mass is 10.0. The molecule has 0 atom stereocenters. The molecule has 2 aromatic carbocycles. The number of para-hydroxylation sites is 2. The minimum absolute atomic E-state index is 0.136. The van der Waals surface area contributed by atoms with Gasteiger partial charge in [0, 0.05) is 18.5 Å². The molecule has 1 N–H and O–H groups in total. The van der Waals surface area contributed by atoms with E-state index in [9.17, 15) is 0 Å². The summed E-state index contributed by atoms with van der Waals surface area (Å²) in [4.78, 5) is 0. The van der Waals surface area contributed by atoms with Crippen LogP contribution in [0.1, 0.15) is 30.5 Å². The van der Waals surface area contributed by atoms with E-state index in [0.29, 0.717) is 12.1 Å². The van der Waals surface area contributed by atoms with Crippen molar-refractivity contribution < 1.29 is 4.74 Å². The van der Waals surface area contributed by atoms with Gasteiger partial charge in [-0.15, -0.1) is 0 Å². The van der Waals surface area contributed by atoms with Gasteiger partial charge in [0.25, 0.3) is 0 Å². The molecular weight excluding hydrogens is 260 g/mol. The number of anilines is 1. The van der Waals surface area contributed by atoms with Gasteiger partial charge in [0.1, 0.15) is 17.4 Å². The Labute approximate surface area is 125 Å². The number of benzene rings is 2. The largest absolute Gasteiger partial charge is 0.487 e. The van der Waals surface area contributed by atoms with Gasteiger partial charge in [0.05, 0.1) is 11.3 Å². The molecule has 106 valence electrons. The van der Waals surface area contributed by atoms with E-state index in [1.165, 1.54) is 5.56 Å². The van der Waals surface area contributed by atoms with Crippen LogP contribution in [0, 0.1) is 11.3 Å². The summed E-state index contributed by atoms with van der Waals surface area (Å²) in [6, 6.07) is 16.0. The zero-order chi connectivity index (χ0) is 14.9. The first-order chi connectivity index (χ1) is 10.1. The third kappa shape index (κ3) is 2.71. The van der Waals surface area contributed by atoms with Crippen LogP contribution in [0.5, 0.6) is 5.75 Å². The predicted molar refractivity (Wildman–Crippen MR) is 83.3 cm³/mol. The molecule has 0 aliphatic carbocycles. The lowest BCUT2D eigenvalue weighted by molar-refractivity contribution is 0.137.